The molecule has 2 aromatic heterocycles. The number of aryl methyl sites for hydroxylation is 1. The van der Waals surface area contributed by atoms with Gasteiger partial charge in [0.1, 0.15) is 0 Å². The lowest BCUT2D eigenvalue weighted by Gasteiger charge is -2.08. The monoisotopic (exact) mass is 330 g/mol. The van der Waals surface area contributed by atoms with Crippen LogP contribution < -0.4 is 5.32 Å². The number of fused-ring (bicyclic) bond motifs is 2. The maximum atomic E-state index is 12.3. The van der Waals surface area contributed by atoms with Crippen molar-refractivity contribution in [1.82, 2.24) is 20.3 Å². The van der Waals surface area contributed by atoms with Gasteiger partial charge in [0, 0.05) is 17.1 Å². The van der Waals surface area contributed by atoms with Crippen LogP contribution in [-0.2, 0) is 17.8 Å². The third-order valence-electron chi connectivity index (χ3n) is 4.32. The van der Waals surface area contributed by atoms with Gasteiger partial charge in [-0.25, -0.2) is 9.97 Å². The third-order valence-corrected chi connectivity index (χ3v) is 4.32. The predicted octanol–water partition coefficient (Wildman–Crippen LogP) is 3.28. The van der Waals surface area contributed by atoms with Gasteiger partial charge in [-0.3, -0.25) is 4.79 Å². The summed E-state index contributed by atoms with van der Waals surface area (Å²) in [6.07, 6.45) is 2.23. The highest BCUT2D eigenvalue weighted by atomic mass is 16.1. The summed E-state index contributed by atoms with van der Waals surface area (Å²) >= 11 is 0. The van der Waals surface area contributed by atoms with E-state index < -0.39 is 0 Å². The van der Waals surface area contributed by atoms with Crippen molar-refractivity contribution in [1.29, 1.82) is 0 Å². The molecule has 1 amide bonds. The van der Waals surface area contributed by atoms with E-state index in [9.17, 15) is 4.79 Å². The molecule has 0 fully saturated rings. The van der Waals surface area contributed by atoms with E-state index in [0.717, 1.165) is 38.9 Å². The molecule has 0 aliphatic rings. The molecule has 2 heterocycles. The Balaban J connectivity index is 1.48. The van der Waals surface area contributed by atoms with E-state index in [1.807, 2.05) is 61.7 Å². The van der Waals surface area contributed by atoms with Gasteiger partial charge in [0.2, 0.25) is 5.91 Å². The summed E-state index contributed by atoms with van der Waals surface area (Å²) in [6.45, 7) is 2.30. The maximum absolute atomic E-state index is 12.3. The molecule has 0 radical (unpaired) electrons. The van der Waals surface area contributed by atoms with Gasteiger partial charge in [-0.1, -0.05) is 30.3 Å². The van der Waals surface area contributed by atoms with E-state index in [1.54, 1.807) is 0 Å². The molecule has 0 unspecified atom stereocenters. The molecule has 0 atom stereocenters. The van der Waals surface area contributed by atoms with Crippen molar-refractivity contribution in [3.63, 3.8) is 0 Å². The van der Waals surface area contributed by atoms with E-state index in [1.165, 1.54) is 0 Å². The number of nitrogens with one attached hydrogen (secondary N) is 2. The molecule has 0 aliphatic heterocycles. The minimum atomic E-state index is -0.0286. The second-order valence-corrected chi connectivity index (χ2v) is 6.06. The summed E-state index contributed by atoms with van der Waals surface area (Å²) in [7, 11) is 0. The Morgan fingerprint density at radius 3 is 2.60 bits per heavy atom. The van der Waals surface area contributed by atoms with Crippen molar-refractivity contribution >= 4 is 27.8 Å². The summed E-state index contributed by atoms with van der Waals surface area (Å²) in [4.78, 5) is 24.7. The fourth-order valence-corrected chi connectivity index (χ4v) is 2.99. The standard InChI is InChI=1S/C20H18N4O/c1-13-19(24-18-9-5-4-8-17(18)23-13)12-22-20(25)10-14-11-21-16-7-3-2-6-15(14)16/h2-9,11,21H,10,12H2,1H3,(H,22,25). The molecule has 0 aliphatic carbocycles. The molecule has 5 heteroatoms. The van der Waals surface area contributed by atoms with Crippen LogP contribution in [0.5, 0.6) is 0 Å². The van der Waals surface area contributed by atoms with Gasteiger partial charge in [0.15, 0.2) is 0 Å². The second kappa shape index (κ2) is 6.36. The Labute approximate surface area is 145 Å². The largest absolute Gasteiger partial charge is 0.361 e. The summed E-state index contributed by atoms with van der Waals surface area (Å²) < 4.78 is 0. The number of aromatic nitrogens is 3. The lowest BCUT2D eigenvalue weighted by Crippen LogP contribution is -2.25. The highest BCUT2D eigenvalue weighted by Crippen LogP contribution is 2.18. The first-order chi connectivity index (χ1) is 12.2. The van der Waals surface area contributed by atoms with Crippen molar-refractivity contribution in [2.75, 3.05) is 0 Å². The summed E-state index contributed by atoms with van der Waals surface area (Å²) in [5.74, 6) is -0.0286. The van der Waals surface area contributed by atoms with Crippen LogP contribution in [0.1, 0.15) is 17.0 Å². The van der Waals surface area contributed by atoms with Crippen LogP contribution in [0, 0.1) is 6.92 Å². The lowest BCUT2D eigenvalue weighted by atomic mass is 10.1. The van der Waals surface area contributed by atoms with Crippen molar-refractivity contribution in [3.8, 4) is 0 Å². The molecule has 0 saturated carbocycles. The third kappa shape index (κ3) is 3.08. The topological polar surface area (TPSA) is 70.7 Å². The lowest BCUT2D eigenvalue weighted by molar-refractivity contribution is -0.120. The van der Waals surface area contributed by atoms with E-state index in [4.69, 9.17) is 0 Å². The van der Waals surface area contributed by atoms with Crippen LogP contribution in [0.4, 0.5) is 0 Å². The number of nitrogens with zero attached hydrogens (tertiary/aromatic N) is 2. The number of H-pyrrole nitrogens is 1. The number of benzene rings is 2. The number of hydrogen-bond acceptors (Lipinski definition) is 3. The number of aromatic amines is 1. The first kappa shape index (κ1) is 15.3. The molecule has 124 valence electrons. The van der Waals surface area contributed by atoms with Crippen LogP contribution in [-0.4, -0.2) is 20.9 Å². The van der Waals surface area contributed by atoms with E-state index in [2.05, 4.69) is 20.3 Å². The summed E-state index contributed by atoms with van der Waals surface area (Å²) in [5.41, 5.74) is 5.39. The molecule has 4 aromatic rings. The maximum Gasteiger partial charge on any atom is 0.224 e. The number of para-hydroxylation sites is 3. The number of carbonyl (C=O) groups excluding carboxylic acids is 1. The van der Waals surface area contributed by atoms with Crippen molar-refractivity contribution in [2.24, 2.45) is 0 Å². The van der Waals surface area contributed by atoms with Crippen molar-refractivity contribution in [3.05, 3.63) is 71.7 Å². The smallest absolute Gasteiger partial charge is 0.224 e. The Hall–Kier alpha value is -3.21. The summed E-state index contributed by atoms with van der Waals surface area (Å²) in [6, 6.07) is 15.7. The summed E-state index contributed by atoms with van der Waals surface area (Å²) in [5, 5.41) is 4.03. The van der Waals surface area contributed by atoms with Gasteiger partial charge < -0.3 is 10.3 Å². The Bertz CT molecular complexity index is 1070. The van der Waals surface area contributed by atoms with Gasteiger partial charge >= 0.3 is 0 Å². The van der Waals surface area contributed by atoms with E-state index in [0.29, 0.717) is 13.0 Å². The zero-order chi connectivity index (χ0) is 17.2. The zero-order valence-electron chi connectivity index (χ0n) is 13.9. The van der Waals surface area contributed by atoms with Gasteiger partial charge in [0.25, 0.3) is 0 Å². The molecule has 0 bridgehead atoms. The molecular weight excluding hydrogens is 312 g/mol. The molecule has 4 rings (SSSR count). The molecular formula is C20H18N4O. The van der Waals surface area contributed by atoms with Crippen molar-refractivity contribution in [2.45, 2.75) is 19.9 Å². The number of hydrogen-bond donors (Lipinski definition) is 2. The Kier molecular flexibility index (Phi) is 3.90. The average molecular weight is 330 g/mol. The average Bonchev–Trinajstić information content (AvgIpc) is 3.03. The van der Waals surface area contributed by atoms with E-state index in [-0.39, 0.29) is 5.91 Å². The van der Waals surface area contributed by atoms with Gasteiger partial charge in [-0.05, 0) is 30.7 Å². The van der Waals surface area contributed by atoms with Gasteiger partial charge in [-0.15, -0.1) is 0 Å². The first-order valence-corrected chi connectivity index (χ1v) is 8.24. The Morgan fingerprint density at radius 1 is 1.04 bits per heavy atom. The fourth-order valence-electron chi connectivity index (χ4n) is 2.99. The minimum absolute atomic E-state index is 0.0286. The van der Waals surface area contributed by atoms with Gasteiger partial charge in [0.05, 0.1) is 35.4 Å². The predicted molar refractivity (Wildman–Crippen MR) is 98.1 cm³/mol. The van der Waals surface area contributed by atoms with Crippen LogP contribution in [0.25, 0.3) is 21.9 Å². The van der Waals surface area contributed by atoms with Crippen LogP contribution in [0.3, 0.4) is 0 Å². The number of rotatable bonds is 4. The van der Waals surface area contributed by atoms with E-state index >= 15 is 0 Å². The molecule has 5 nitrogen and oxygen atoms in total. The van der Waals surface area contributed by atoms with Crippen LogP contribution >= 0.6 is 0 Å². The minimum Gasteiger partial charge on any atom is -0.361 e. The normalized spacial score (nSPS) is 11.1. The first-order valence-electron chi connectivity index (χ1n) is 8.24. The second-order valence-electron chi connectivity index (χ2n) is 6.06. The number of carbonyl (C=O) groups is 1. The van der Waals surface area contributed by atoms with Gasteiger partial charge in [-0.2, -0.15) is 0 Å². The highest BCUT2D eigenvalue weighted by Gasteiger charge is 2.10. The highest BCUT2D eigenvalue weighted by molar-refractivity contribution is 5.88. The molecule has 0 saturated heterocycles. The number of amides is 1. The molecule has 0 spiro atoms. The molecule has 2 N–H and O–H groups in total. The Morgan fingerprint density at radius 2 is 1.76 bits per heavy atom. The van der Waals surface area contributed by atoms with Crippen LogP contribution in [0.2, 0.25) is 0 Å². The van der Waals surface area contributed by atoms with Crippen molar-refractivity contribution < 1.29 is 4.79 Å². The SMILES string of the molecule is Cc1nc2ccccc2nc1CNC(=O)Cc1c[nH]c2ccccc12. The molecule has 2 aromatic carbocycles. The zero-order valence-corrected chi connectivity index (χ0v) is 13.9. The van der Waals surface area contributed by atoms with Crippen LogP contribution in [0.15, 0.2) is 54.7 Å². The fraction of sp³-hybridized carbons (Fsp3) is 0.150. The quantitative estimate of drug-likeness (QED) is 0.603. The molecule has 25 heavy (non-hydrogen) atoms.